The summed E-state index contributed by atoms with van der Waals surface area (Å²) < 4.78 is 39.4. The molecule has 2 rings (SSSR count). The third kappa shape index (κ3) is 5.89. The van der Waals surface area contributed by atoms with E-state index >= 15 is 0 Å². The lowest BCUT2D eigenvalue weighted by Crippen LogP contribution is -2.14. The van der Waals surface area contributed by atoms with Gasteiger partial charge in [0.05, 0.1) is 23.5 Å². The van der Waals surface area contributed by atoms with E-state index in [1.807, 2.05) is 39.0 Å². The molecule has 162 valence electrons. The number of methoxy groups -OCH3 is 1. The largest absolute Gasteiger partial charge is 0.501 e. The Hall–Kier alpha value is -2.73. The summed E-state index contributed by atoms with van der Waals surface area (Å²) in [5.41, 5.74) is 4.27. The second-order valence-electron chi connectivity index (χ2n) is 7.61. The highest BCUT2D eigenvalue weighted by Gasteiger charge is 2.16. The van der Waals surface area contributed by atoms with Gasteiger partial charge in [-0.2, -0.15) is 0 Å². The molecule has 0 bridgehead atoms. The molecule has 6 heteroatoms. The van der Waals surface area contributed by atoms with Crippen molar-refractivity contribution >= 4 is 15.7 Å². The predicted molar refractivity (Wildman–Crippen MR) is 123 cm³/mol. The van der Waals surface area contributed by atoms with E-state index in [-0.39, 0.29) is 4.90 Å². The van der Waals surface area contributed by atoms with Crippen LogP contribution >= 0.6 is 0 Å². The topological polar surface area (TPSA) is 64.6 Å². The van der Waals surface area contributed by atoms with Crippen LogP contribution in [0.3, 0.4) is 0 Å². The third-order valence-corrected chi connectivity index (χ3v) is 6.32. The Morgan fingerprint density at radius 2 is 1.73 bits per heavy atom. The minimum absolute atomic E-state index is 0.174. The first-order chi connectivity index (χ1) is 14.0. The van der Waals surface area contributed by atoms with E-state index in [0.717, 1.165) is 28.0 Å². The minimum atomic E-state index is -3.71. The van der Waals surface area contributed by atoms with Crippen molar-refractivity contribution < 1.29 is 17.9 Å². The van der Waals surface area contributed by atoms with Gasteiger partial charge in [-0.15, -0.1) is 0 Å². The van der Waals surface area contributed by atoms with Crippen molar-refractivity contribution in [1.82, 2.24) is 0 Å². The molecule has 0 aliphatic rings. The standard InChI is InChI=1S/C24H31NO4S/c1-16(2)20-9-8-18(5)24(14-20)25-30(26,27)22-12-10-21(11-13-22)29-15-23(17(3)4)19(6)28-7/h8-14,16,25H,3,15H2,1-2,4-7H3/b23-19-. The summed E-state index contributed by atoms with van der Waals surface area (Å²) in [6.07, 6.45) is 0. The first-order valence-electron chi connectivity index (χ1n) is 9.81. The maximum absolute atomic E-state index is 12.8. The molecule has 2 aromatic rings. The molecule has 0 aromatic heterocycles. The van der Waals surface area contributed by atoms with Crippen molar-refractivity contribution in [3.05, 3.63) is 77.1 Å². The molecule has 0 saturated heterocycles. The van der Waals surface area contributed by atoms with Crippen molar-refractivity contribution in [2.45, 2.75) is 45.4 Å². The van der Waals surface area contributed by atoms with Gasteiger partial charge in [0.2, 0.25) is 0 Å². The molecule has 0 unspecified atom stereocenters. The average Bonchev–Trinajstić information content (AvgIpc) is 2.69. The van der Waals surface area contributed by atoms with Gasteiger partial charge >= 0.3 is 0 Å². The van der Waals surface area contributed by atoms with Crippen molar-refractivity contribution in [1.29, 1.82) is 0 Å². The SMILES string of the molecule is C=C(C)/C(COc1ccc(S(=O)(=O)Nc2cc(C(C)C)ccc2C)cc1)=C(/C)OC. The number of ether oxygens (including phenoxy) is 2. The van der Waals surface area contributed by atoms with Crippen LogP contribution in [-0.2, 0) is 14.8 Å². The molecule has 0 fully saturated rings. The van der Waals surface area contributed by atoms with E-state index in [1.165, 1.54) is 12.1 Å². The van der Waals surface area contributed by atoms with E-state index in [9.17, 15) is 8.42 Å². The Morgan fingerprint density at radius 3 is 2.27 bits per heavy atom. The summed E-state index contributed by atoms with van der Waals surface area (Å²) in [6, 6.07) is 12.2. The fourth-order valence-electron chi connectivity index (χ4n) is 2.83. The van der Waals surface area contributed by atoms with Crippen LogP contribution in [0.5, 0.6) is 5.75 Å². The van der Waals surface area contributed by atoms with E-state index in [0.29, 0.717) is 24.0 Å². The minimum Gasteiger partial charge on any atom is -0.501 e. The fourth-order valence-corrected chi connectivity index (χ4v) is 3.95. The second kappa shape index (κ2) is 9.85. The van der Waals surface area contributed by atoms with Crippen LogP contribution in [0.15, 0.2) is 70.8 Å². The lowest BCUT2D eigenvalue weighted by molar-refractivity contribution is 0.276. The number of hydrogen-bond donors (Lipinski definition) is 1. The Kier molecular flexibility index (Phi) is 7.73. The zero-order valence-electron chi connectivity index (χ0n) is 18.6. The highest BCUT2D eigenvalue weighted by molar-refractivity contribution is 7.92. The quantitative estimate of drug-likeness (QED) is 0.404. The second-order valence-corrected chi connectivity index (χ2v) is 9.30. The molecular weight excluding hydrogens is 398 g/mol. The number of anilines is 1. The van der Waals surface area contributed by atoms with Gasteiger partial charge < -0.3 is 9.47 Å². The first kappa shape index (κ1) is 23.5. The Bertz CT molecular complexity index is 1040. The van der Waals surface area contributed by atoms with Gasteiger partial charge in [-0.3, -0.25) is 4.72 Å². The summed E-state index contributed by atoms with van der Waals surface area (Å²) in [5.74, 6) is 1.62. The van der Waals surface area contributed by atoms with Crippen LogP contribution in [0.2, 0.25) is 0 Å². The number of sulfonamides is 1. The van der Waals surface area contributed by atoms with Crippen LogP contribution in [0, 0.1) is 6.92 Å². The molecular formula is C24H31NO4S. The maximum atomic E-state index is 12.8. The van der Waals surface area contributed by atoms with Gasteiger partial charge in [-0.05, 0) is 73.7 Å². The molecule has 0 aliphatic carbocycles. The van der Waals surface area contributed by atoms with E-state index in [2.05, 4.69) is 25.1 Å². The molecule has 0 spiro atoms. The molecule has 0 atom stereocenters. The number of hydrogen-bond acceptors (Lipinski definition) is 4. The summed E-state index contributed by atoms with van der Waals surface area (Å²) in [6.45, 7) is 14.0. The number of nitrogens with one attached hydrogen (secondary N) is 1. The fraction of sp³-hybridized carbons (Fsp3) is 0.333. The molecule has 0 saturated carbocycles. The van der Waals surface area contributed by atoms with Crippen LogP contribution in [0.4, 0.5) is 5.69 Å². The van der Waals surface area contributed by atoms with Crippen LogP contribution in [0.1, 0.15) is 44.7 Å². The van der Waals surface area contributed by atoms with Gasteiger partial charge in [0, 0.05) is 5.57 Å². The highest BCUT2D eigenvalue weighted by atomic mass is 32.2. The van der Waals surface area contributed by atoms with Crippen molar-refractivity contribution in [3.8, 4) is 5.75 Å². The zero-order valence-corrected chi connectivity index (χ0v) is 19.4. The van der Waals surface area contributed by atoms with Crippen LogP contribution < -0.4 is 9.46 Å². The van der Waals surface area contributed by atoms with E-state index in [4.69, 9.17) is 9.47 Å². The van der Waals surface area contributed by atoms with Gasteiger partial charge in [0.15, 0.2) is 0 Å². The number of aryl methyl sites for hydroxylation is 1. The van der Waals surface area contributed by atoms with Gasteiger partial charge in [0.1, 0.15) is 12.4 Å². The van der Waals surface area contributed by atoms with Crippen molar-refractivity contribution in [2.24, 2.45) is 0 Å². The number of benzene rings is 2. The van der Waals surface area contributed by atoms with E-state index in [1.54, 1.807) is 19.2 Å². The summed E-state index contributed by atoms with van der Waals surface area (Å²) in [5, 5.41) is 0. The summed E-state index contributed by atoms with van der Waals surface area (Å²) >= 11 is 0. The molecule has 0 radical (unpaired) electrons. The van der Waals surface area contributed by atoms with Crippen molar-refractivity contribution in [3.63, 3.8) is 0 Å². The molecule has 30 heavy (non-hydrogen) atoms. The van der Waals surface area contributed by atoms with E-state index < -0.39 is 10.0 Å². The molecule has 2 aromatic carbocycles. The third-order valence-electron chi connectivity index (χ3n) is 4.94. The summed E-state index contributed by atoms with van der Waals surface area (Å²) in [4.78, 5) is 0.174. The van der Waals surface area contributed by atoms with Gasteiger partial charge in [-0.25, -0.2) is 8.42 Å². The monoisotopic (exact) mass is 429 g/mol. The number of allylic oxidation sites excluding steroid dienone is 1. The smallest absolute Gasteiger partial charge is 0.261 e. The molecule has 0 amide bonds. The lowest BCUT2D eigenvalue weighted by atomic mass is 10.0. The molecule has 0 aliphatic heterocycles. The first-order valence-corrected chi connectivity index (χ1v) is 11.3. The van der Waals surface area contributed by atoms with Gasteiger partial charge in [0.25, 0.3) is 10.0 Å². The Labute approximate surface area is 180 Å². The average molecular weight is 430 g/mol. The Morgan fingerprint density at radius 1 is 1.10 bits per heavy atom. The normalized spacial score (nSPS) is 12.4. The molecule has 5 nitrogen and oxygen atoms in total. The maximum Gasteiger partial charge on any atom is 0.261 e. The van der Waals surface area contributed by atoms with Gasteiger partial charge in [-0.1, -0.05) is 32.6 Å². The number of rotatable bonds is 9. The Balaban J connectivity index is 2.17. The zero-order chi connectivity index (χ0) is 22.5. The predicted octanol–water partition coefficient (Wildman–Crippen LogP) is 5.79. The molecule has 0 heterocycles. The highest BCUT2D eigenvalue weighted by Crippen LogP contribution is 2.26. The summed E-state index contributed by atoms with van der Waals surface area (Å²) in [7, 11) is -2.11. The molecule has 1 N–H and O–H groups in total. The van der Waals surface area contributed by atoms with Crippen LogP contribution in [0.25, 0.3) is 0 Å². The van der Waals surface area contributed by atoms with Crippen LogP contribution in [-0.4, -0.2) is 22.1 Å². The lowest BCUT2D eigenvalue weighted by Gasteiger charge is -2.15. The van der Waals surface area contributed by atoms with Crippen molar-refractivity contribution in [2.75, 3.05) is 18.4 Å².